The van der Waals surface area contributed by atoms with E-state index < -0.39 is 17.4 Å². The number of benzene rings is 1. The van der Waals surface area contributed by atoms with Crippen molar-refractivity contribution in [1.82, 2.24) is 0 Å². The van der Waals surface area contributed by atoms with Crippen molar-refractivity contribution in [1.29, 1.82) is 0 Å². The Morgan fingerprint density at radius 1 is 1.31 bits per heavy atom. The lowest BCUT2D eigenvalue weighted by Gasteiger charge is -2.24. The average Bonchev–Trinajstić information content (AvgIpc) is 2.27. The first kappa shape index (κ1) is 12.4. The molecule has 0 spiro atoms. The molecule has 0 fully saturated rings. The van der Waals surface area contributed by atoms with E-state index in [1.807, 2.05) is 0 Å². The van der Waals surface area contributed by atoms with Crippen LogP contribution >= 0.6 is 0 Å². The third-order valence-corrected chi connectivity index (χ3v) is 2.53. The number of carbonyl (C=O) groups excluding carboxylic acids is 2. The third kappa shape index (κ3) is 1.84. The van der Waals surface area contributed by atoms with Crippen LogP contribution in [0.4, 0.5) is 0 Å². The highest BCUT2D eigenvalue weighted by atomic mass is 16.5. The summed E-state index contributed by atoms with van der Waals surface area (Å²) >= 11 is 0. The molecule has 0 aliphatic heterocycles. The number of hydrogen-bond acceptors (Lipinski definition) is 4. The van der Waals surface area contributed by atoms with Crippen LogP contribution in [0.1, 0.15) is 18.1 Å². The van der Waals surface area contributed by atoms with E-state index in [-0.39, 0.29) is 5.56 Å². The Morgan fingerprint density at radius 3 is 2.31 bits per heavy atom. The summed E-state index contributed by atoms with van der Waals surface area (Å²) in [6.07, 6.45) is 0. The van der Waals surface area contributed by atoms with Crippen LogP contribution in [0, 0.1) is 6.92 Å². The Morgan fingerprint density at radius 2 is 1.88 bits per heavy atom. The van der Waals surface area contributed by atoms with E-state index >= 15 is 0 Å². The molecular weight excluding hydrogens is 208 g/mol. The summed E-state index contributed by atoms with van der Waals surface area (Å²) in [7, 11) is 1.13. The van der Waals surface area contributed by atoms with Gasteiger partial charge < -0.3 is 9.84 Å². The van der Waals surface area contributed by atoms with Crippen molar-refractivity contribution in [3.05, 3.63) is 35.4 Å². The summed E-state index contributed by atoms with van der Waals surface area (Å²) in [6.45, 7) is 2.87. The Bertz CT molecular complexity index is 425. The largest absolute Gasteiger partial charge is 0.466 e. The van der Waals surface area contributed by atoms with Crippen LogP contribution < -0.4 is 0 Å². The number of ether oxygens (including phenoxy) is 1. The van der Waals surface area contributed by atoms with E-state index in [2.05, 4.69) is 4.74 Å². The molecule has 0 amide bonds. The fourth-order valence-corrected chi connectivity index (χ4v) is 1.57. The van der Waals surface area contributed by atoms with E-state index in [1.54, 1.807) is 25.1 Å². The topological polar surface area (TPSA) is 63.6 Å². The van der Waals surface area contributed by atoms with Gasteiger partial charge in [-0.1, -0.05) is 24.3 Å². The molecule has 1 atom stereocenters. The quantitative estimate of drug-likeness (QED) is 0.610. The van der Waals surface area contributed by atoms with Gasteiger partial charge in [-0.3, -0.25) is 4.79 Å². The molecular formula is C12H14O4. The molecule has 1 unspecified atom stereocenters. The van der Waals surface area contributed by atoms with Gasteiger partial charge in [-0.15, -0.1) is 0 Å². The summed E-state index contributed by atoms with van der Waals surface area (Å²) in [5.41, 5.74) is -1.29. The van der Waals surface area contributed by atoms with Gasteiger partial charge in [0.05, 0.1) is 7.11 Å². The summed E-state index contributed by atoms with van der Waals surface area (Å²) in [6, 6.07) is 6.66. The van der Waals surface area contributed by atoms with E-state index in [0.29, 0.717) is 5.56 Å². The van der Waals surface area contributed by atoms with Gasteiger partial charge >= 0.3 is 5.97 Å². The lowest BCUT2D eigenvalue weighted by molar-refractivity contribution is -0.168. The van der Waals surface area contributed by atoms with Gasteiger partial charge in [0, 0.05) is 5.56 Å². The van der Waals surface area contributed by atoms with Gasteiger partial charge in [0.25, 0.3) is 0 Å². The van der Waals surface area contributed by atoms with Crippen molar-refractivity contribution in [2.45, 2.75) is 19.4 Å². The molecule has 1 rings (SSSR count). The maximum absolute atomic E-state index is 11.5. The lowest BCUT2D eigenvalue weighted by atomic mass is 9.87. The number of ketones is 1. The molecule has 1 aromatic rings. The van der Waals surface area contributed by atoms with E-state index in [9.17, 15) is 14.7 Å². The molecule has 0 bridgehead atoms. The van der Waals surface area contributed by atoms with E-state index in [1.165, 1.54) is 6.07 Å². The smallest absolute Gasteiger partial charge is 0.350 e. The number of aliphatic hydroxyl groups is 1. The van der Waals surface area contributed by atoms with Crippen LogP contribution in [0.2, 0.25) is 0 Å². The predicted octanol–water partition coefficient (Wildman–Crippen LogP) is 0.945. The first-order chi connectivity index (χ1) is 7.44. The first-order valence-electron chi connectivity index (χ1n) is 4.82. The van der Waals surface area contributed by atoms with Crippen LogP contribution in [-0.2, 0) is 19.9 Å². The van der Waals surface area contributed by atoms with Gasteiger partial charge in [-0.25, -0.2) is 4.79 Å². The van der Waals surface area contributed by atoms with Crippen LogP contribution in [0.25, 0.3) is 0 Å². The van der Waals surface area contributed by atoms with Gasteiger partial charge in [0.2, 0.25) is 5.60 Å². The molecule has 0 saturated carbocycles. The Labute approximate surface area is 93.9 Å². The highest BCUT2D eigenvalue weighted by Gasteiger charge is 2.45. The van der Waals surface area contributed by atoms with Crippen LogP contribution in [0.5, 0.6) is 0 Å². The number of aryl methyl sites for hydroxylation is 1. The number of carbonyl (C=O) groups is 2. The number of rotatable bonds is 3. The second-order valence-corrected chi connectivity index (χ2v) is 3.57. The Balaban J connectivity index is 3.39. The second kappa shape index (κ2) is 4.45. The number of hydrogen-bond donors (Lipinski definition) is 1. The minimum Gasteiger partial charge on any atom is -0.466 e. The minimum absolute atomic E-state index is 0.259. The molecule has 1 aromatic carbocycles. The zero-order valence-electron chi connectivity index (χ0n) is 9.48. The predicted molar refractivity (Wildman–Crippen MR) is 57.8 cm³/mol. The minimum atomic E-state index is -2.21. The molecule has 0 aliphatic rings. The highest BCUT2D eigenvalue weighted by Crippen LogP contribution is 2.26. The Hall–Kier alpha value is -1.68. The zero-order valence-corrected chi connectivity index (χ0v) is 9.48. The third-order valence-electron chi connectivity index (χ3n) is 2.53. The SMILES string of the molecule is COC(=O)C(O)(C(C)=O)c1ccccc1C. The summed E-state index contributed by atoms with van der Waals surface area (Å²) in [4.78, 5) is 23.0. The number of Topliss-reactive ketones (excluding diaryl/α,β-unsaturated/α-hetero) is 1. The van der Waals surface area contributed by atoms with Gasteiger partial charge in [-0.05, 0) is 19.4 Å². The molecule has 1 N–H and O–H groups in total. The van der Waals surface area contributed by atoms with Crippen molar-refractivity contribution >= 4 is 11.8 Å². The van der Waals surface area contributed by atoms with Gasteiger partial charge in [0.1, 0.15) is 0 Å². The average molecular weight is 222 g/mol. The van der Waals surface area contributed by atoms with Crippen molar-refractivity contribution in [3.8, 4) is 0 Å². The fourth-order valence-electron chi connectivity index (χ4n) is 1.57. The molecule has 0 heterocycles. The standard InChI is InChI=1S/C12H14O4/c1-8-6-4-5-7-10(8)12(15,9(2)13)11(14)16-3/h4-7,15H,1-3H3. The van der Waals surface area contributed by atoms with E-state index in [4.69, 9.17) is 0 Å². The molecule has 4 heteroatoms. The van der Waals surface area contributed by atoms with Crippen molar-refractivity contribution < 1.29 is 19.4 Å². The summed E-state index contributed by atoms with van der Waals surface area (Å²) in [5, 5.41) is 10.2. The van der Waals surface area contributed by atoms with Gasteiger partial charge in [0.15, 0.2) is 5.78 Å². The van der Waals surface area contributed by atoms with E-state index in [0.717, 1.165) is 14.0 Å². The monoisotopic (exact) mass is 222 g/mol. The maximum atomic E-state index is 11.5. The normalized spacial score (nSPS) is 14.0. The summed E-state index contributed by atoms with van der Waals surface area (Å²) < 4.78 is 4.48. The molecule has 4 nitrogen and oxygen atoms in total. The lowest BCUT2D eigenvalue weighted by Crippen LogP contribution is -2.43. The van der Waals surface area contributed by atoms with Crippen molar-refractivity contribution in [3.63, 3.8) is 0 Å². The van der Waals surface area contributed by atoms with Crippen LogP contribution in [-0.4, -0.2) is 24.0 Å². The highest BCUT2D eigenvalue weighted by molar-refractivity contribution is 6.06. The second-order valence-electron chi connectivity index (χ2n) is 3.57. The fraction of sp³-hybridized carbons (Fsp3) is 0.333. The van der Waals surface area contributed by atoms with Crippen molar-refractivity contribution in [2.75, 3.05) is 7.11 Å². The molecule has 0 saturated heterocycles. The number of esters is 1. The maximum Gasteiger partial charge on any atom is 0.350 e. The number of methoxy groups -OCH3 is 1. The molecule has 0 radical (unpaired) electrons. The van der Waals surface area contributed by atoms with Gasteiger partial charge in [-0.2, -0.15) is 0 Å². The molecule has 86 valence electrons. The first-order valence-corrected chi connectivity index (χ1v) is 4.82. The summed E-state index contributed by atoms with van der Waals surface area (Å²) in [5.74, 6) is -1.62. The Kier molecular flexibility index (Phi) is 3.44. The zero-order chi connectivity index (χ0) is 12.3. The van der Waals surface area contributed by atoms with Crippen LogP contribution in [0.15, 0.2) is 24.3 Å². The molecule has 0 aliphatic carbocycles. The molecule has 16 heavy (non-hydrogen) atoms. The van der Waals surface area contributed by atoms with Crippen LogP contribution in [0.3, 0.4) is 0 Å². The van der Waals surface area contributed by atoms with Crippen molar-refractivity contribution in [2.24, 2.45) is 0 Å². The molecule has 0 aromatic heterocycles.